The van der Waals surface area contributed by atoms with Crippen LogP contribution >= 0.6 is 0 Å². The van der Waals surface area contributed by atoms with Crippen molar-refractivity contribution in [2.75, 3.05) is 32.7 Å². The number of halogens is 1. The lowest BCUT2D eigenvalue weighted by molar-refractivity contribution is 0.0474. The van der Waals surface area contributed by atoms with E-state index in [0.29, 0.717) is 12.3 Å². The van der Waals surface area contributed by atoms with Gasteiger partial charge in [0.05, 0.1) is 12.2 Å². The molecule has 0 aliphatic heterocycles. The van der Waals surface area contributed by atoms with Crippen molar-refractivity contribution < 1.29 is 28.2 Å². The number of ketones is 1. The van der Waals surface area contributed by atoms with E-state index in [4.69, 9.17) is 19.9 Å². The topological polar surface area (TPSA) is 117 Å². The van der Waals surface area contributed by atoms with Crippen LogP contribution in [0.1, 0.15) is 26.4 Å². The Hall–Kier alpha value is -2.94. The van der Waals surface area contributed by atoms with Gasteiger partial charge < -0.3 is 19.9 Å². The van der Waals surface area contributed by atoms with Crippen molar-refractivity contribution in [2.45, 2.75) is 6.92 Å². The Kier molecular flexibility index (Phi) is 6.07. The van der Waals surface area contributed by atoms with Crippen LogP contribution < -0.4 is 10.5 Å². The molecular formula is C16H18FN3O5. The van der Waals surface area contributed by atoms with Crippen LogP contribution in [0.3, 0.4) is 0 Å². The number of H-pyrrole nitrogens is 1. The van der Waals surface area contributed by atoms with Crippen LogP contribution in [0.5, 0.6) is 5.75 Å². The smallest absolute Gasteiger partial charge is 0.344 e. The van der Waals surface area contributed by atoms with Gasteiger partial charge in [0.2, 0.25) is 5.78 Å². The van der Waals surface area contributed by atoms with E-state index < -0.39 is 24.2 Å². The number of anilines is 1. The number of rotatable bonds is 8. The Labute approximate surface area is 143 Å². The molecule has 0 aliphatic carbocycles. The summed E-state index contributed by atoms with van der Waals surface area (Å²) in [5.41, 5.74) is 5.80. The number of carbonyl (C=O) groups excluding carboxylic acids is 2. The average Bonchev–Trinajstić information content (AvgIpc) is 2.91. The summed E-state index contributed by atoms with van der Waals surface area (Å²) in [7, 11) is 1.52. The number of hydrogen-bond donors (Lipinski definition) is 2. The second-order valence-electron chi connectivity index (χ2n) is 5.09. The van der Waals surface area contributed by atoms with Gasteiger partial charge in [-0.15, -0.1) is 0 Å². The van der Waals surface area contributed by atoms with Gasteiger partial charge in [0, 0.05) is 18.9 Å². The van der Waals surface area contributed by atoms with Crippen molar-refractivity contribution in [3.63, 3.8) is 0 Å². The fraction of sp³-hybridized carbons (Fsp3) is 0.312. The van der Waals surface area contributed by atoms with Crippen LogP contribution in [-0.2, 0) is 9.47 Å². The number of nitrogens with one attached hydrogen (secondary N) is 1. The summed E-state index contributed by atoms with van der Waals surface area (Å²) in [5, 5.41) is 6.19. The van der Waals surface area contributed by atoms with Crippen LogP contribution in [0.15, 0.2) is 18.2 Å². The summed E-state index contributed by atoms with van der Waals surface area (Å²) in [5.74, 6) is -2.02. The quantitative estimate of drug-likeness (QED) is 0.420. The van der Waals surface area contributed by atoms with E-state index in [0.717, 1.165) is 6.07 Å². The molecule has 1 aromatic heterocycles. The van der Waals surface area contributed by atoms with Gasteiger partial charge in [0.25, 0.3) is 0 Å². The third-order valence-corrected chi connectivity index (χ3v) is 3.31. The van der Waals surface area contributed by atoms with E-state index >= 15 is 0 Å². The number of aryl methyl sites for hydroxylation is 1. The molecule has 25 heavy (non-hydrogen) atoms. The van der Waals surface area contributed by atoms with E-state index in [9.17, 15) is 14.0 Å². The number of aromatic amines is 1. The van der Waals surface area contributed by atoms with Crippen LogP contribution in [0.4, 0.5) is 10.2 Å². The Balaban J connectivity index is 1.97. The highest BCUT2D eigenvalue weighted by Crippen LogP contribution is 2.18. The van der Waals surface area contributed by atoms with Crippen LogP contribution in [0.2, 0.25) is 0 Å². The molecule has 0 amide bonds. The Morgan fingerprint density at radius 2 is 2.08 bits per heavy atom. The molecule has 0 aliphatic rings. The predicted octanol–water partition coefficient (Wildman–Crippen LogP) is 1.50. The number of nitrogen functional groups attached to an aromatic ring is 1. The molecule has 0 saturated heterocycles. The number of carbonyl (C=O) groups is 2. The molecule has 1 heterocycles. The Morgan fingerprint density at radius 1 is 1.32 bits per heavy atom. The zero-order valence-electron chi connectivity index (χ0n) is 13.8. The molecule has 0 saturated carbocycles. The highest BCUT2D eigenvalue weighted by molar-refractivity contribution is 6.01. The normalized spacial score (nSPS) is 10.5. The molecule has 0 radical (unpaired) electrons. The van der Waals surface area contributed by atoms with E-state index in [2.05, 4.69) is 10.2 Å². The first kappa shape index (κ1) is 18.4. The molecular weight excluding hydrogens is 333 g/mol. The number of Topliss-reactive ketones (excluding diaryl/α,β-unsaturated/α-hetero) is 1. The molecule has 0 atom stereocenters. The summed E-state index contributed by atoms with van der Waals surface area (Å²) in [6.07, 6.45) is 0. The SMILES string of the molecule is COCCOc1ccc(C(=O)COC(=O)c2c(N)n[nH]c2C)c(F)c1. The predicted molar refractivity (Wildman–Crippen MR) is 86.1 cm³/mol. The molecule has 1 aromatic carbocycles. The molecule has 134 valence electrons. The van der Waals surface area contributed by atoms with Crippen LogP contribution in [0.25, 0.3) is 0 Å². The lowest BCUT2D eigenvalue weighted by atomic mass is 10.1. The van der Waals surface area contributed by atoms with Crippen molar-refractivity contribution in [1.82, 2.24) is 10.2 Å². The van der Waals surface area contributed by atoms with Gasteiger partial charge in [0.15, 0.2) is 12.4 Å². The maximum atomic E-state index is 14.0. The second kappa shape index (κ2) is 8.25. The van der Waals surface area contributed by atoms with E-state index in [1.54, 1.807) is 6.92 Å². The van der Waals surface area contributed by atoms with Gasteiger partial charge in [-0.05, 0) is 19.1 Å². The summed E-state index contributed by atoms with van der Waals surface area (Å²) >= 11 is 0. The Bertz CT molecular complexity index is 756. The Morgan fingerprint density at radius 3 is 2.68 bits per heavy atom. The zero-order valence-corrected chi connectivity index (χ0v) is 13.8. The number of aromatic nitrogens is 2. The highest BCUT2D eigenvalue weighted by atomic mass is 19.1. The van der Waals surface area contributed by atoms with Gasteiger partial charge in [0.1, 0.15) is 23.7 Å². The van der Waals surface area contributed by atoms with Crippen molar-refractivity contribution in [2.24, 2.45) is 0 Å². The molecule has 2 aromatic rings. The molecule has 0 unspecified atom stereocenters. The maximum absolute atomic E-state index is 14.0. The van der Waals surface area contributed by atoms with E-state index in [1.807, 2.05) is 0 Å². The molecule has 8 nitrogen and oxygen atoms in total. The average molecular weight is 351 g/mol. The van der Waals surface area contributed by atoms with Crippen LogP contribution in [0, 0.1) is 12.7 Å². The summed E-state index contributed by atoms with van der Waals surface area (Å²) in [6.45, 7) is 1.58. The fourth-order valence-electron chi connectivity index (χ4n) is 2.04. The first-order valence-corrected chi connectivity index (χ1v) is 7.36. The lowest BCUT2D eigenvalue weighted by Gasteiger charge is -2.08. The number of nitrogens with zero attached hydrogens (tertiary/aromatic N) is 1. The van der Waals surface area contributed by atoms with Gasteiger partial charge in [-0.3, -0.25) is 9.89 Å². The number of hydrogen-bond acceptors (Lipinski definition) is 7. The third kappa shape index (κ3) is 4.54. The third-order valence-electron chi connectivity index (χ3n) is 3.31. The minimum Gasteiger partial charge on any atom is -0.491 e. The maximum Gasteiger partial charge on any atom is 0.344 e. The molecule has 0 fully saturated rings. The zero-order chi connectivity index (χ0) is 18.4. The number of benzene rings is 1. The minimum absolute atomic E-state index is 0.0290. The minimum atomic E-state index is -0.808. The molecule has 0 spiro atoms. The first-order chi connectivity index (χ1) is 11.9. The largest absolute Gasteiger partial charge is 0.491 e. The van der Waals surface area contributed by atoms with Gasteiger partial charge in [-0.25, -0.2) is 9.18 Å². The molecule has 9 heteroatoms. The van der Waals surface area contributed by atoms with E-state index in [1.165, 1.54) is 19.2 Å². The molecule has 3 N–H and O–H groups in total. The number of methoxy groups -OCH3 is 1. The fourth-order valence-corrected chi connectivity index (χ4v) is 2.04. The first-order valence-electron chi connectivity index (χ1n) is 7.36. The van der Waals surface area contributed by atoms with Gasteiger partial charge >= 0.3 is 5.97 Å². The van der Waals surface area contributed by atoms with Crippen molar-refractivity contribution in [3.8, 4) is 5.75 Å². The second-order valence-corrected chi connectivity index (χ2v) is 5.09. The van der Waals surface area contributed by atoms with Crippen molar-refractivity contribution >= 4 is 17.6 Å². The van der Waals surface area contributed by atoms with E-state index in [-0.39, 0.29) is 29.3 Å². The monoisotopic (exact) mass is 351 g/mol. The number of esters is 1. The van der Waals surface area contributed by atoms with Crippen molar-refractivity contribution in [1.29, 1.82) is 0 Å². The lowest BCUT2D eigenvalue weighted by Crippen LogP contribution is -2.16. The number of nitrogens with two attached hydrogens (primary N) is 1. The summed E-state index contributed by atoms with van der Waals surface area (Å²) in [4.78, 5) is 24.0. The molecule has 0 bridgehead atoms. The highest BCUT2D eigenvalue weighted by Gasteiger charge is 2.20. The van der Waals surface area contributed by atoms with Gasteiger partial charge in [-0.1, -0.05) is 0 Å². The van der Waals surface area contributed by atoms with Gasteiger partial charge in [-0.2, -0.15) is 5.10 Å². The summed E-state index contributed by atoms with van der Waals surface area (Å²) < 4.78 is 29.0. The molecule has 2 rings (SSSR count). The van der Waals surface area contributed by atoms with Crippen molar-refractivity contribution in [3.05, 3.63) is 40.8 Å². The summed E-state index contributed by atoms with van der Waals surface area (Å²) in [6, 6.07) is 3.81. The van der Waals surface area contributed by atoms with Crippen LogP contribution in [-0.4, -0.2) is 48.9 Å². The number of ether oxygens (including phenoxy) is 3. The standard InChI is InChI=1S/C16H18FN3O5/c1-9-14(15(18)20-19-9)16(22)25-8-13(21)11-4-3-10(7-12(11)17)24-6-5-23-2/h3-4,7H,5-6,8H2,1-2H3,(H3,18,19,20).